The van der Waals surface area contributed by atoms with Crippen LogP contribution < -0.4 is 14.9 Å². The van der Waals surface area contributed by atoms with Gasteiger partial charge in [0.05, 0.1) is 23.2 Å². The summed E-state index contributed by atoms with van der Waals surface area (Å²) in [5, 5.41) is 8.12. The molecule has 0 fully saturated rings. The Morgan fingerprint density at radius 2 is 1.62 bits per heavy atom. The van der Waals surface area contributed by atoms with Gasteiger partial charge in [-0.15, -0.1) is 11.3 Å². The molecule has 0 aliphatic carbocycles. The van der Waals surface area contributed by atoms with Crippen molar-refractivity contribution in [1.29, 1.82) is 0 Å². The highest BCUT2D eigenvalue weighted by atomic mass is 32.2. The van der Waals surface area contributed by atoms with Crippen LogP contribution in [0, 0.1) is 0 Å². The first-order valence-corrected chi connectivity index (χ1v) is 13.0. The Morgan fingerprint density at radius 3 is 2.29 bits per heavy atom. The molecule has 1 aromatic heterocycles. The van der Waals surface area contributed by atoms with Gasteiger partial charge in [-0.25, -0.2) is 8.42 Å². The number of benzene rings is 3. The minimum absolute atomic E-state index is 0.0678. The predicted octanol–water partition coefficient (Wildman–Crippen LogP) is 4.89. The Kier molecular flexibility index (Phi) is 7.42. The molecule has 0 unspecified atom stereocenters. The third-order valence-corrected chi connectivity index (χ3v) is 8.04. The number of rotatable bonds is 9. The molecule has 0 bridgehead atoms. The number of nitrogens with zero attached hydrogens (tertiary/aromatic N) is 1. The molecule has 0 saturated carbocycles. The molecule has 3 aromatic carbocycles. The molecule has 2 N–H and O–H groups in total. The van der Waals surface area contributed by atoms with Crippen molar-refractivity contribution in [2.45, 2.75) is 10.9 Å². The molecule has 1 amide bonds. The molecular formula is C26H25N3O3S2. The van der Waals surface area contributed by atoms with E-state index in [4.69, 9.17) is 0 Å². The first-order chi connectivity index (χ1) is 16.4. The summed E-state index contributed by atoms with van der Waals surface area (Å²) in [7, 11) is -2.27. The second kappa shape index (κ2) is 10.6. The van der Waals surface area contributed by atoms with Crippen LogP contribution >= 0.6 is 11.3 Å². The molecule has 4 rings (SSSR count). The average molecular weight is 492 g/mol. The quantitative estimate of drug-likeness (QED) is 0.349. The van der Waals surface area contributed by atoms with E-state index in [-0.39, 0.29) is 23.4 Å². The van der Waals surface area contributed by atoms with Gasteiger partial charge >= 0.3 is 0 Å². The maximum Gasteiger partial charge on any atom is 0.264 e. The van der Waals surface area contributed by atoms with Gasteiger partial charge in [-0.3, -0.25) is 14.4 Å². The Labute approximate surface area is 203 Å². The first-order valence-electron chi connectivity index (χ1n) is 10.7. The second-order valence-electron chi connectivity index (χ2n) is 7.62. The van der Waals surface area contributed by atoms with Crippen LogP contribution in [-0.4, -0.2) is 27.9 Å². The number of anilines is 2. The second-order valence-corrected chi connectivity index (χ2v) is 10.6. The molecule has 8 heteroatoms. The van der Waals surface area contributed by atoms with Crippen LogP contribution in [0.15, 0.2) is 107 Å². The van der Waals surface area contributed by atoms with Crippen molar-refractivity contribution in [1.82, 2.24) is 5.32 Å². The van der Waals surface area contributed by atoms with Crippen LogP contribution in [0.2, 0.25) is 0 Å². The monoisotopic (exact) mass is 491 g/mol. The molecule has 174 valence electrons. The van der Waals surface area contributed by atoms with E-state index in [1.807, 2.05) is 53.9 Å². The van der Waals surface area contributed by atoms with Crippen LogP contribution in [0.5, 0.6) is 0 Å². The Balaban J connectivity index is 1.45. The topological polar surface area (TPSA) is 78.5 Å². The average Bonchev–Trinajstić information content (AvgIpc) is 3.40. The summed E-state index contributed by atoms with van der Waals surface area (Å²) in [4.78, 5) is 13.9. The maximum absolute atomic E-state index is 13.1. The number of thiophene rings is 1. The molecule has 0 radical (unpaired) electrons. The predicted molar refractivity (Wildman–Crippen MR) is 138 cm³/mol. The summed E-state index contributed by atoms with van der Waals surface area (Å²) < 4.78 is 27.4. The van der Waals surface area contributed by atoms with Crippen molar-refractivity contribution in [2.24, 2.45) is 0 Å². The molecule has 0 aliphatic heterocycles. The van der Waals surface area contributed by atoms with E-state index in [0.29, 0.717) is 11.4 Å². The van der Waals surface area contributed by atoms with Gasteiger partial charge in [0.1, 0.15) is 0 Å². The lowest BCUT2D eigenvalue weighted by Crippen LogP contribution is -2.31. The number of carbonyl (C=O) groups excluding carboxylic acids is 1. The fourth-order valence-corrected chi connectivity index (χ4v) is 5.62. The third-order valence-electron chi connectivity index (χ3n) is 5.32. The smallest absolute Gasteiger partial charge is 0.264 e. The summed E-state index contributed by atoms with van der Waals surface area (Å²) in [5.41, 5.74) is 2.04. The fraction of sp³-hybridized carbons (Fsp3) is 0.115. The number of amides is 1. The lowest BCUT2D eigenvalue weighted by molar-refractivity contribution is -0.115. The third kappa shape index (κ3) is 5.53. The molecule has 1 atom stereocenters. The van der Waals surface area contributed by atoms with Crippen molar-refractivity contribution in [2.75, 3.05) is 23.2 Å². The number of hydrogen-bond donors (Lipinski definition) is 2. The van der Waals surface area contributed by atoms with E-state index in [9.17, 15) is 13.2 Å². The van der Waals surface area contributed by atoms with E-state index >= 15 is 0 Å². The van der Waals surface area contributed by atoms with E-state index in [0.717, 1.165) is 10.4 Å². The van der Waals surface area contributed by atoms with E-state index < -0.39 is 10.0 Å². The summed E-state index contributed by atoms with van der Waals surface area (Å²) in [6.07, 6.45) is 0. The Hall–Kier alpha value is -3.46. The standard InChI is InChI=1S/C26H25N3O3S2/c1-29(22-13-6-3-7-14-22)34(31,32)23-15-8-12-21(18-23)28-25(30)19-27-26(24-16-9-17-33-24)20-10-4-2-5-11-20/h2-18,26-27H,19H2,1H3,(H,28,30)/t26-/m0/s1. The lowest BCUT2D eigenvalue weighted by atomic mass is 10.1. The van der Waals surface area contributed by atoms with Gasteiger partial charge in [-0.05, 0) is 47.3 Å². The van der Waals surface area contributed by atoms with Crippen LogP contribution in [0.4, 0.5) is 11.4 Å². The Bertz CT molecular complexity index is 1330. The highest BCUT2D eigenvalue weighted by Gasteiger charge is 2.22. The van der Waals surface area contributed by atoms with Crippen LogP contribution in [0.1, 0.15) is 16.5 Å². The zero-order valence-corrected chi connectivity index (χ0v) is 20.2. The lowest BCUT2D eigenvalue weighted by Gasteiger charge is -2.20. The molecule has 0 aliphatic rings. The number of nitrogens with one attached hydrogen (secondary N) is 2. The molecule has 1 heterocycles. The van der Waals surface area contributed by atoms with Crippen LogP contribution in [0.3, 0.4) is 0 Å². The fourth-order valence-electron chi connectivity index (χ4n) is 3.55. The molecule has 34 heavy (non-hydrogen) atoms. The highest BCUT2D eigenvalue weighted by molar-refractivity contribution is 7.92. The largest absolute Gasteiger partial charge is 0.325 e. The van der Waals surface area contributed by atoms with Crippen molar-refractivity contribution in [3.63, 3.8) is 0 Å². The van der Waals surface area contributed by atoms with Gasteiger partial charge in [-0.1, -0.05) is 60.7 Å². The molecular weight excluding hydrogens is 466 g/mol. The van der Waals surface area contributed by atoms with Crippen molar-refractivity contribution in [3.8, 4) is 0 Å². The minimum Gasteiger partial charge on any atom is -0.325 e. The Morgan fingerprint density at radius 1 is 0.912 bits per heavy atom. The zero-order valence-electron chi connectivity index (χ0n) is 18.6. The normalized spacial score (nSPS) is 12.1. The SMILES string of the molecule is CN(c1ccccc1)S(=O)(=O)c1cccc(NC(=O)CN[C@@H](c2ccccc2)c2cccs2)c1. The summed E-state index contributed by atoms with van der Waals surface area (Å²) in [5.74, 6) is -0.261. The van der Waals surface area contributed by atoms with Gasteiger partial charge in [0.2, 0.25) is 5.91 Å². The van der Waals surface area contributed by atoms with Crippen molar-refractivity contribution < 1.29 is 13.2 Å². The van der Waals surface area contributed by atoms with Crippen LogP contribution in [-0.2, 0) is 14.8 Å². The number of hydrogen-bond acceptors (Lipinski definition) is 5. The van der Waals surface area contributed by atoms with E-state index in [1.54, 1.807) is 47.7 Å². The molecule has 4 aromatic rings. The summed E-state index contributed by atoms with van der Waals surface area (Å²) >= 11 is 1.62. The van der Waals surface area contributed by atoms with Gasteiger partial charge in [0.25, 0.3) is 10.0 Å². The van der Waals surface area contributed by atoms with Gasteiger partial charge in [0, 0.05) is 17.6 Å². The maximum atomic E-state index is 13.1. The van der Waals surface area contributed by atoms with E-state index in [2.05, 4.69) is 10.6 Å². The first kappa shape index (κ1) is 23.7. The number of sulfonamides is 1. The number of carbonyl (C=O) groups is 1. The molecule has 0 spiro atoms. The summed E-state index contributed by atoms with van der Waals surface area (Å²) in [6, 6.07) is 29.0. The van der Waals surface area contributed by atoms with E-state index in [1.165, 1.54) is 23.5 Å². The highest BCUT2D eigenvalue weighted by Crippen LogP contribution is 2.26. The van der Waals surface area contributed by atoms with Gasteiger partial charge in [-0.2, -0.15) is 0 Å². The van der Waals surface area contributed by atoms with Crippen molar-refractivity contribution >= 4 is 38.6 Å². The minimum atomic E-state index is -3.77. The molecule has 0 saturated heterocycles. The van der Waals surface area contributed by atoms with Crippen molar-refractivity contribution in [3.05, 3.63) is 113 Å². The van der Waals surface area contributed by atoms with Crippen LogP contribution in [0.25, 0.3) is 0 Å². The zero-order chi connectivity index (χ0) is 24.0. The summed E-state index contributed by atoms with van der Waals surface area (Å²) in [6.45, 7) is 0.0678. The molecule has 6 nitrogen and oxygen atoms in total. The van der Waals surface area contributed by atoms with Gasteiger partial charge in [0.15, 0.2) is 0 Å². The number of para-hydroxylation sites is 1. The van der Waals surface area contributed by atoms with Gasteiger partial charge < -0.3 is 5.32 Å².